The van der Waals surface area contributed by atoms with Gasteiger partial charge in [-0.3, -0.25) is 0 Å². The fourth-order valence-electron chi connectivity index (χ4n) is 10.7. The molecule has 0 aliphatic rings. The minimum Gasteiger partial charge on any atom is -0.348 e. The predicted octanol–water partition coefficient (Wildman–Crippen LogP) is 25.4. The van der Waals surface area contributed by atoms with E-state index in [1.807, 2.05) is 0 Å². The first-order valence-corrected chi connectivity index (χ1v) is 33.9. The van der Waals surface area contributed by atoms with Crippen molar-refractivity contribution in [2.24, 2.45) is 0 Å². The van der Waals surface area contributed by atoms with Crippen LogP contribution in [0.4, 0.5) is 0 Å². The Hall–Kier alpha value is -2.17. The maximum atomic E-state index is 9.96. The van der Waals surface area contributed by atoms with Crippen molar-refractivity contribution < 1.29 is 21.3 Å². The molecule has 0 unspecified atom stereocenters. The Morgan fingerprint density at radius 3 is 0.909 bits per heavy atom. The molecule has 446 valence electrons. The van der Waals surface area contributed by atoms with Gasteiger partial charge in [0, 0.05) is 0 Å². The molecule has 2 aromatic rings. The molecule has 77 heavy (non-hydrogen) atoms. The third-order valence-corrected chi connectivity index (χ3v) is 15.6. The molecule has 0 fully saturated rings. The fraction of sp³-hybridized carbons (Fsp3) is 0.757. The van der Waals surface area contributed by atoms with Crippen molar-refractivity contribution in [3.05, 3.63) is 100 Å². The number of rotatable bonds is 49. The first kappa shape index (κ1) is 76.9. The molecule has 2 rings (SSSR count). The van der Waals surface area contributed by atoms with Crippen LogP contribution in [-0.2, 0) is 42.2 Å². The Morgan fingerprint density at radius 1 is 0.338 bits per heavy atom. The van der Waals surface area contributed by atoms with E-state index in [2.05, 4.69) is 116 Å². The summed E-state index contributed by atoms with van der Waals surface area (Å²) in [5.41, 5.74) is 22.4. The SMILES string of the molecule is CCCCCCC(=C=[N+]=[N-])C(CCCC)=C(c1cc(CCCC)cc(CCCC)c1)c1cc(CCCCCC)cc(CCCCCC)c1.[CH2-]CCCCCCCCCCCCC.[CH2-]CCCCCCCCCCCCC.[Ni+2]. The van der Waals surface area contributed by atoms with Crippen molar-refractivity contribution in [1.29, 1.82) is 0 Å². The van der Waals surface area contributed by atoms with Gasteiger partial charge in [0.2, 0.25) is 0 Å². The van der Waals surface area contributed by atoms with Crippen LogP contribution in [-0.4, -0.2) is 10.7 Å². The molecule has 2 nitrogen and oxygen atoms in total. The summed E-state index contributed by atoms with van der Waals surface area (Å²) >= 11 is 0. The van der Waals surface area contributed by atoms with Crippen LogP contribution in [0, 0.1) is 13.8 Å². The summed E-state index contributed by atoms with van der Waals surface area (Å²) < 4.78 is 0. The van der Waals surface area contributed by atoms with Gasteiger partial charge in [-0.25, -0.2) is 0 Å². The van der Waals surface area contributed by atoms with Crippen molar-refractivity contribution in [3.8, 4) is 0 Å². The molecule has 0 amide bonds. The number of nitrogens with zero attached hydrogens (tertiary/aromatic N) is 2. The van der Waals surface area contributed by atoms with Gasteiger partial charge in [0.15, 0.2) is 0 Å². The molecule has 0 saturated carbocycles. The van der Waals surface area contributed by atoms with Crippen LogP contribution in [0.3, 0.4) is 0 Å². The molecule has 0 radical (unpaired) electrons. The zero-order valence-electron chi connectivity index (χ0n) is 53.0. The molecule has 0 N–H and O–H groups in total. The molecule has 0 atom stereocenters. The summed E-state index contributed by atoms with van der Waals surface area (Å²) in [6, 6.07) is 15.1. The average Bonchev–Trinajstić information content (AvgIpc) is 3.44. The van der Waals surface area contributed by atoms with E-state index in [4.69, 9.17) is 0 Å². The third-order valence-electron chi connectivity index (χ3n) is 15.6. The largest absolute Gasteiger partial charge is 2.00 e. The molecule has 0 spiro atoms. The van der Waals surface area contributed by atoms with Gasteiger partial charge in [0.1, 0.15) is 0 Å². The Kier molecular flexibility index (Phi) is 59.9. The molecule has 0 aliphatic heterocycles. The maximum absolute atomic E-state index is 9.96. The molecular weight excluding hydrogens is 976 g/mol. The summed E-state index contributed by atoms with van der Waals surface area (Å²) in [7, 11) is 0. The smallest absolute Gasteiger partial charge is 0.348 e. The van der Waals surface area contributed by atoms with Crippen molar-refractivity contribution in [2.75, 3.05) is 0 Å². The third kappa shape index (κ3) is 44.2. The zero-order chi connectivity index (χ0) is 55.8. The van der Waals surface area contributed by atoms with Gasteiger partial charge in [0.25, 0.3) is 0 Å². The number of hydrogen-bond donors (Lipinski definition) is 0. The number of benzene rings is 2. The van der Waals surface area contributed by atoms with E-state index in [0.717, 1.165) is 76.2 Å². The summed E-state index contributed by atoms with van der Waals surface area (Å²) in [6.07, 6.45) is 62.3. The summed E-state index contributed by atoms with van der Waals surface area (Å²) in [5.74, 6) is 3.15. The quantitative estimate of drug-likeness (QED) is 0.0120. The molecule has 0 aliphatic carbocycles. The van der Waals surface area contributed by atoms with Gasteiger partial charge in [-0.1, -0.05) is 310 Å². The number of hydrogen-bond acceptors (Lipinski definition) is 0. The fourth-order valence-corrected chi connectivity index (χ4v) is 10.7. The second kappa shape index (κ2) is 59.9. The van der Waals surface area contributed by atoms with Crippen LogP contribution in [0.25, 0.3) is 11.1 Å². The number of unbranched alkanes of at least 4 members (excludes halogenated alkanes) is 34. The van der Waals surface area contributed by atoms with Crippen molar-refractivity contribution in [1.82, 2.24) is 0 Å². The standard InChI is InChI=1S/C46H72N2.2C14H29.Ni/c1-7-13-19-22-27-40-32-41(28-23-20-14-8-2)36-44(35-40)46(43-33-38(25-16-10-4)31-39(34-43)26-17-11-5)45(30-18-12-6)42(37-48-47)29-24-21-15-9-3;2*1-3-5-7-9-11-13-14-12-10-8-6-4-2;/h31-36H,7-30H2,1-6H3;2*1,3-14H2,2H3;/q;2*-1;+2. The zero-order valence-corrected chi connectivity index (χ0v) is 54.0. The molecule has 0 bridgehead atoms. The molecular formula is C74H130N2Ni. The first-order valence-electron chi connectivity index (χ1n) is 33.9. The Bertz CT molecular complexity index is 1590. The normalized spacial score (nSPS) is 11.2. The minimum absolute atomic E-state index is 0. The van der Waals surface area contributed by atoms with E-state index in [1.54, 1.807) is 0 Å². The summed E-state index contributed by atoms with van der Waals surface area (Å²) in [5, 5.41) is 0. The van der Waals surface area contributed by atoms with Crippen LogP contribution in [0.1, 0.15) is 371 Å². The van der Waals surface area contributed by atoms with Gasteiger partial charge in [-0.2, -0.15) is 12.8 Å². The molecule has 0 heterocycles. The molecule has 0 aromatic heterocycles. The predicted molar refractivity (Wildman–Crippen MR) is 345 cm³/mol. The van der Waals surface area contributed by atoms with E-state index in [0.29, 0.717) is 0 Å². The Balaban J connectivity index is 0. The monoisotopic (exact) mass is 1100 g/mol. The van der Waals surface area contributed by atoms with Crippen LogP contribution in [0.15, 0.2) is 47.5 Å². The molecule has 2 aromatic carbocycles. The average molecular weight is 1110 g/mol. The molecule has 0 saturated heterocycles. The van der Waals surface area contributed by atoms with E-state index in [1.165, 1.54) is 282 Å². The first-order chi connectivity index (χ1) is 37.4. The number of allylic oxidation sites excluding steroid dienone is 2. The second-order valence-corrected chi connectivity index (χ2v) is 23.1. The van der Waals surface area contributed by atoms with Crippen molar-refractivity contribution in [3.63, 3.8) is 0 Å². The Morgan fingerprint density at radius 2 is 0.610 bits per heavy atom. The van der Waals surface area contributed by atoms with Crippen LogP contribution < -0.4 is 0 Å². The van der Waals surface area contributed by atoms with Crippen LogP contribution in [0.5, 0.6) is 0 Å². The van der Waals surface area contributed by atoms with E-state index in [-0.39, 0.29) is 16.5 Å². The number of aryl methyl sites for hydroxylation is 4. The summed E-state index contributed by atoms with van der Waals surface area (Å²) in [4.78, 5) is 3.58. The van der Waals surface area contributed by atoms with Crippen molar-refractivity contribution >= 4 is 11.4 Å². The summed E-state index contributed by atoms with van der Waals surface area (Å²) in [6.45, 7) is 26.1. The van der Waals surface area contributed by atoms with Gasteiger partial charge < -0.3 is 19.4 Å². The second-order valence-electron chi connectivity index (χ2n) is 23.1. The van der Waals surface area contributed by atoms with E-state index < -0.39 is 0 Å². The maximum Gasteiger partial charge on any atom is 2.00 e. The van der Waals surface area contributed by atoms with Gasteiger partial charge in [0.05, 0.1) is 5.57 Å². The van der Waals surface area contributed by atoms with Crippen LogP contribution >= 0.6 is 0 Å². The Labute approximate surface area is 493 Å². The van der Waals surface area contributed by atoms with Gasteiger partial charge in [-0.05, 0) is 122 Å². The van der Waals surface area contributed by atoms with Gasteiger partial charge >= 0.3 is 22.4 Å². The van der Waals surface area contributed by atoms with E-state index in [9.17, 15) is 5.53 Å². The topological polar surface area (TPSA) is 36.4 Å². The van der Waals surface area contributed by atoms with Gasteiger partial charge in [-0.15, -0.1) is 4.79 Å². The minimum atomic E-state index is 0. The van der Waals surface area contributed by atoms with E-state index >= 15 is 0 Å². The van der Waals surface area contributed by atoms with Crippen molar-refractivity contribution in [2.45, 2.75) is 364 Å². The molecule has 3 heteroatoms. The van der Waals surface area contributed by atoms with Crippen LogP contribution in [0.2, 0.25) is 0 Å².